The summed E-state index contributed by atoms with van der Waals surface area (Å²) in [6.45, 7) is 2.29. The second kappa shape index (κ2) is 11.4. The van der Waals surface area contributed by atoms with E-state index in [1.165, 1.54) is 6.33 Å². The highest BCUT2D eigenvalue weighted by Gasteiger charge is 2.28. The summed E-state index contributed by atoms with van der Waals surface area (Å²) in [4.78, 5) is 28.0. The van der Waals surface area contributed by atoms with Gasteiger partial charge in [0.25, 0.3) is 5.91 Å². The number of anilines is 1. The lowest BCUT2D eigenvalue weighted by Crippen LogP contribution is -2.23. The van der Waals surface area contributed by atoms with Gasteiger partial charge in [-0.05, 0) is 50.1 Å². The number of nitrogens with two attached hydrogens (primary N) is 1. The van der Waals surface area contributed by atoms with Crippen LogP contribution in [-0.4, -0.2) is 55.1 Å². The van der Waals surface area contributed by atoms with E-state index in [9.17, 15) is 9.90 Å². The van der Waals surface area contributed by atoms with Crippen molar-refractivity contribution in [3.05, 3.63) is 72.2 Å². The summed E-state index contributed by atoms with van der Waals surface area (Å²) < 4.78 is 1.88. The topological polar surface area (TPSA) is 147 Å². The molecule has 5 aromatic rings. The average molecular weight is 525 g/mol. The maximum absolute atomic E-state index is 12.6. The van der Waals surface area contributed by atoms with Crippen molar-refractivity contribution < 1.29 is 9.90 Å². The molecule has 0 saturated heterocycles. The summed E-state index contributed by atoms with van der Waals surface area (Å²) in [5.74, 6) is 0.225. The van der Waals surface area contributed by atoms with Crippen LogP contribution >= 0.6 is 0 Å². The molecule has 200 valence electrons. The monoisotopic (exact) mass is 524 g/mol. The Hall–Kier alpha value is -4.57. The van der Waals surface area contributed by atoms with E-state index < -0.39 is 0 Å². The summed E-state index contributed by atoms with van der Waals surface area (Å²) in [6, 6.07) is 17.6. The number of nitrogen functional groups attached to an aromatic ring is 1. The van der Waals surface area contributed by atoms with E-state index >= 15 is 0 Å². The third-order valence-corrected chi connectivity index (χ3v) is 6.95. The molecule has 6 rings (SSSR count). The fraction of sp³-hybridized carbons (Fsp3) is 0.276. The lowest BCUT2D eigenvalue weighted by atomic mass is 10.1. The SMILES string of the molecule is CC=NC.Nc1ncnc2c1c(-c1ccc(CNC(=O)c3cc4ccccc4[nH]3)cc1)nn2C1CCC(O)C1. The molecule has 3 aromatic heterocycles. The van der Waals surface area contributed by atoms with Crippen molar-refractivity contribution in [1.29, 1.82) is 0 Å². The van der Waals surface area contributed by atoms with Crippen molar-refractivity contribution in [1.82, 2.24) is 30.0 Å². The van der Waals surface area contributed by atoms with Crippen molar-refractivity contribution in [2.75, 3.05) is 12.8 Å². The minimum Gasteiger partial charge on any atom is -0.393 e. The number of nitrogens with zero attached hydrogens (tertiary/aromatic N) is 5. The second-order valence-corrected chi connectivity index (χ2v) is 9.54. The molecular weight excluding hydrogens is 492 g/mol. The molecule has 10 heteroatoms. The van der Waals surface area contributed by atoms with Crippen LogP contribution in [0.25, 0.3) is 33.2 Å². The van der Waals surface area contributed by atoms with Crippen molar-refractivity contribution in [3.8, 4) is 11.3 Å². The molecule has 0 aliphatic heterocycles. The Morgan fingerprint density at radius 1 is 1.21 bits per heavy atom. The number of rotatable bonds is 5. The van der Waals surface area contributed by atoms with Gasteiger partial charge >= 0.3 is 0 Å². The number of nitrogens with one attached hydrogen (secondary N) is 2. The third kappa shape index (κ3) is 5.51. The smallest absolute Gasteiger partial charge is 0.267 e. The van der Waals surface area contributed by atoms with Gasteiger partial charge in [0.05, 0.1) is 17.5 Å². The van der Waals surface area contributed by atoms with E-state index in [-0.39, 0.29) is 18.1 Å². The highest BCUT2D eigenvalue weighted by Crippen LogP contribution is 2.36. The van der Waals surface area contributed by atoms with Gasteiger partial charge in [-0.15, -0.1) is 0 Å². The minimum atomic E-state index is -0.319. The Labute approximate surface area is 226 Å². The number of hydrogen-bond acceptors (Lipinski definition) is 7. The predicted molar refractivity (Wildman–Crippen MR) is 154 cm³/mol. The zero-order valence-electron chi connectivity index (χ0n) is 22.0. The van der Waals surface area contributed by atoms with Crippen LogP contribution in [0.1, 0.15) is 48.3 Å². The van der Waals surface area contributed by atoms with Crippen LogP contribution < -0.4 is 11.1 Å². The van der Waals surface area contributed by atoms with Gasteiger partial charge in [0.2, 0.25) is 0 Å². The molecule has 1 aliphatic rings. The highest BCUT2D eigenvalue weighted by atomic mass is 16.3. The number of amides is 1. The Morgan fingerprint density at radius 2 is 1.97 bits per heavy atom. The van der Waals surface area contributed by atoms with E-state index in [1.54, 1.807) is 13.3 Å². The molecule has 1 saturated carbocycles. The lowest BCUT2D eigenvalue weighted by molar-refractivity contribution is 0.0946. The van der Waals surface area contributed by atoms with Gasteiger partial charge in [-0.25, -0.2) is 14.6 Å². The van der Waals surface area contributed by atoms with E-state index in [0.29, 0.717) is 41.2 Å². The largest absolute Gasteiger partial charge is 0.393 e. The second-order valence-electron chi connectivity index (χ2n) is 9.54. The standard InChI is InChI=1S/C26H25N7O2.C3H7N/c27-24-22-23(32-33(25(22)30-14-29-24)18-9-10-19(34)12-18)16-7-5-15(6-8-16)13-28-26(35)21-11-17-3-1-2-4-20(17)31-21;1-3-4-2/h1-8,11,14,18-19,31,34H,9-10,12-13H2,(H,28,35)(H2,27,29,30);3H,1-2H3. The summed E-state index contributed by atoms with van der Waals surface area (Å²) in [5.41, 5.74) is 10.9. The van der Waals surface area contributed by atoms with E-state index in [1.807, 2.05) is 66.2 Å². The normalized spacial score (nSPS) is 17.0. The fourth-order valence-corrected chi connectivity index (χ4v) is 4.86. The maximum atomic E-state index is 12.6. The van der Waals surface area contributed by atoms with Gasteiger partial charge in [-0.2, -0.15) is 5.10 Å². The molecule has 0 bridgehead atoms. The number of aromatic nitrogens is 5. The van der Waals surface area contributed by atoms with Gasteiger partial charge in [-0.3, -0.25) is 4.79 Å². The first kappa shape index (κ1) is 26.1. The van der Waals surface area contributed by atoms with Crippen LogP contribution in [0.15, 0.2) is 65.9 Å². The molecule has 10 nitrogen and oxygen atoms in total. The summed E-state index contributed by atoms with van der Waals surface area (Å²) >= 11 is 0. The number of para-hydroxylation sites is 1. The van der Waals surface area contributed by atoms with E-state index in [4.69, 9.17) is 10.8 Å². The number of H-pyrrole nitrogens is 1. The quantitative estimate of drug-likeness (QED) is 0.252. The zero-order chi connectivity index (χ0) is 27.4. The van der Waals surface area contributed by atoms with Crippen molar-refractivity contribution >= 4 is 39.9 Å². The van der Waals surface area contributed by atoms with Crippen LogP contribution in [0.5, 0.6) is 0 Å². The summed E-state index contributed by atoms with van der Waals surface area (Å²) in [6.07, 6.45) is 5.12. The number of aliphatic imine (C=N–C) groups is 1. The molecule has 3 heterocycles. The molecule has 2 unspecified atom stereocenters. The number of carbonyl (C=O) groups is 1. The third-order valence-electron chi connectivity index (χ3n) is 6.95. The first-order chi connectivity index (χ1) is 19.0. The molecule has 2 atom stereocenters. The van der Waals surface area contributed by atoms with Gasteiger partial charge in [-0.1, -0.05) is 42.5 Å². The Balaban J connectivity index is 0.000000723. The van der Waals surface area contributed by atoms with Crippen molar-refractivity contribution in [2.45, 2.75) is 44.9 Å². The fourth-order valence-electron chi connectivity index (χ4n) is 4.86. The average Bonchev–Trinajstić information content (AvgIpc) is 3.69. The van der Waals surface area contributed by atoms with Gasteiger partial charge in [0, 0.05) is 30.1 Å². The molecule has 0 radical (unpaired) electrons. The summed E-state index contributed by atoms with van der Waals surface area (Å²) in [7, 11) is 1.75. The molecule has 5 N–H and O–H groups in total. The molecule has 2 aromatic carbocycles. The van der Waals surface area contributed by atoms with Crippen molar-refractivity contribution in [3.63, 3.8) is 0 Å². The number of aliphatic hydroxyl groups excluding tert-OH is 1. The molecule has 1 amide bonds. The van der Waals surface area contributed by atoms with Crippen LogP contribution in [0.3, 0.4) is 0 Å². The number of aromatic amines is 1. The minimum absolute atomic E-state index is 0.0784. The molecule has 1 fully saturated rings. The van der Waals surface area contributed by atoms with Crippen molar-refractivity contribution in [2.24, 2.45) is 4.99 Å². The zero-order valence-corrected chi connectivity index (χ0v) is 22.0. The van der Waals surface area contributed by atoms with E-state index in [2.05, 4.69) is 25.3 Å². The van der Waals surface area contributed by atoms with Crippen LogP contribution in [0.4, 0.5) is 5.82 Å². The number of hydrogen-bond donors (Lipinski definition) is 4. The number of aliphatic hydroxyl groups is 1. The van der Waals surface area contributed by atoms with Gasteiger partial charge < -0.3 is 26.1 Å². The molecular formula is C29H32N8O2. The number of carbonyl (C=O) groups excluding carboxylic acids is 1. The first-order valence-electron chi connectivity index (χ1n) is 13.0. The van der Waals surface area contributed by atoms with Gasteiger partial charge in [0.1, 0.15) is 23.5 Å². The number of fused-ring (bicyclic) bond motifs is 2. The van der Waals surface area contributed by atoms with Crippen LogP contribution in [-0.2, 0) is 6.54 Å². The van der Waals surface area contributed by atoms with Gasteiger partial charge in [0.15, 0.2) is 5.65 Å². The molecule has 0 spiro atoms. The number of benzene rings is 2. The Kier molecular flexibility index (Phi) is 7.64. The molecule has 39 heavy (non-hydrogen) atoms. The lowest BCUT2D eigenvalue weighted by Gasteiger charge is -2.10. The first-order valence-corrected chi connectivity index (χ1v) is 13.0. The highest BCUT2D eigenvalue weighted by molar-refractivity contribution is 5.99. The van der Waals surface area contributed by atoms with Crippen LogP contribution in [0.2, 0.25) is 0 Å². The molecule has 1 aliphatic carbocycles. The Morgan fingerprint density at radius 3 is 2.67 bits per heavy atom. The summed E-state index contributed by atoms with van der Waals surface area (Å²) in [5, 5.41) is 19.5. The van der Waals surface area contributed by atoms with E-state index in [0.717, 1.165) is 34.9 Å². The Bertz CT molecular complexity index is 1580. The maximum Gasteiger partial charge on any atom is 0.267 e. The predicted octanol–water partition coefficient (Wildman–Crippen LogP) is 4.28. The van der Waals surface area contributed by atoms with Crippen LogP contribution in [0, 0.1) is 0 Å².